The monoisotopic (exact) mass is 365 g/mol. The second-order valence-corrected chi connectivity index (χ2v) is 5.79. The maximum atomic E-state index is 9.30. The lowest BCUT2D eigenvalue weighted by Crippen LogP contribution is -2.39. The molecule has 3 heterocycles. The zero-order valence-corrected chi connectivity index (χ0v) is 14.2. The molecule has 0 bridgehead atoms. The fraction of sp³-hybridized carbons (Fsp3) is 0.118. The van der Waals surface area contributed by atoms with Gasteiger partial charge in [-0.2, -0.15) is 21.0 Å². The lowest BCUT2D eigenvalue weighted by molar-refractivity contribution is 0.699. The highest BCUT2D eigenvalue weighted by molar-refractivity contribution is 6.11. The smallest absolute Gasteiger partial charge is 0.177 e. The van der Waals surface area contributed by atoms with E-state index in [-0.39, 0.29) is 51.4 Å². The van der Waals surface area contributed by atoms with Gasteiger partial charge >= 0.3 is 0 Å². The van der Waals surface area contributed by atoms with Crippen molar-refractivity contribution in [2.75, 3.05) is 0 Å². The number of hydrogen-bond donors (Lipinski definition) is 2. The zero-order valence-electron chi connectivity index (χ0n) is 14.2. The van der Waals surface area contributed by atoms with Gasteiger partial charge in [0.2, 0.25) is 0 Å². The Kier molecular flexibility index (Phi) is 3.46. The van der Waals surface area contributed by atoms with Crippen LogP contribution >= 0.6 is 0 Å². The Labute approximate surface area is 157 Å². The summed E-state index contributed by atoms with van der Waals surface area (Å²) in [6, 6.07) is 6.75. The van der Waals surface area contributed by atoms with Crippen LogP contribution in [-0.2, 0) is 0 Å². The minimum atomic E-state index is -0.791. The molecule has 0 saturated heterocycles. The molecule has 1 aliphatic heterocycles. The fourth-order valence-corrected chi connectivity index (χ4v) is 2.96. The number of fused-ring (bicyclic) bond motifs is 6. The molecule has 0 radical (unpaired) electrons. The molecule has 2 aromatic rings. The Hall–Kier alpha value is -4.87. The molecule has 11 nitrogen and oxygen atoms in total. The standard InChI is InChI=1S/C17H7N11/c1-6-7(2-18)24-13-11(23-6)12-14(26-9(4-20)8(3-19)25-12)15-16(13)28-17(22)10(5-21)27-15/h15,27H,22H2,1H3. The van der Waals surface area contributed by atoms with Crippen molar-refractivity contribution in [3.05, 3.63) is 45.7 Å². The molecule has 130 valence electrons. The number of rotatable bonds is 0. The first-order valence-corrected chi connectivity index (χ1v) is 7.79. The van der Waals surface area contributed by atoms with Gasteiger partial charge in [-0.25, -0.2) is 24.9 Å². The SMILES string of the molecule is Cc1nc2c(nc1C#N)C1=NC(N)=C(C#N)NC1c1nc(C#N)c(C#N)nc1-2. The molecule has 0 aromatic carbocycles. The highest BCUT2D eigenvalue weighted by atomic mass is 15.1. The summed E-state index contributed by atoms with van der Waals surface area (Å²) in [4.78, 5) is 21.5. The number of nitrogens with one attached hydrogen (secondary N) is 1. The van der Waals surface area contributed by atoms with Crippen LogP contribution in [0.1, 0.15) is 40.2 Å². The van der Waals surface area contributed by atoms with Crippen molar-refractivity contribution in [2.45, 2.75) is 13.0 Å². The predicted octanol–water partition coefficient (Wildman–Crippen LogP) is -0.0446. The highest BCUT2D eigenvalue weighted by Gasteiger charge is 2.39. The topological polar surface area (TPSA) is 197 Å². The van der Waals surface area contributed by atoms with E-state index in [9.17, 15) is 21.0 Å². The molecule has 1 atom stereocenters. The molecule has 0 fully saturated rings. The van der Waals surface area contributed by atoms with Crippen LogP contribution in [0, 0.1) is 52.2 Å². The molecule has 2 aliphatic rings. The van der Waals surface area contributed by atoms with Crippen LogP contribution in [0.3, 0.4) is 0 Å². The molecule has 0 amide bonds. The summed E-state index contributed by atoms with van der Waals surface area (Å²) in [5, 5.41) is 40.1. The third-order valence-electron chi connectivity index (χ3n) is 4.22. The van der Waals surface area contributed by atoms with Crippen LogP contribution in [0.2, 0.25) is 0 Å². The van der Waals surface area contributed by atoms with Gasteiger partial charge in [-0.1, -0.05) is 0 Å². The number of aryl methyl sites for hydroxylation is 1. The summed E-state index contributed by atoms with van der Waals surface area (Å²) in [5.74, 6) is -0.0499. The number of aliphatic imine (C=N–C) groups is 1. The molecule has 11 heteroatoms. The van der Waals surface area contributed by atoms with E-state index in [0.717, 1.165) is 0 Å². The first-order valence-electron chi connectivity index (χ1n) is 7.79. The molecule has 3 N–H and O–H groups in total. The molecular formula is C17H7N11. The summed E-state index contributed by atoms with van der Waals surface area (Å²) < 4.78 is 0. The third-order valence-corrected chi connectivity index (χ3v) is 4.22. The number of nitriles is 4. The van der Waals surface area contributed by atoms with Crippen LogP contribution in [0.25, 0.3) is 11.4 Å². The zero-order chi connectivity index (χ0) is 20.0. The molecule has 0 spiro atoms. The second kappa shape index (κ2) is 5.84. The number of aromatic nitrogens is 4. The van der Waals surface area contributed by atoms with Crippen molar-refractivity contribution in [1.29, 1.82) is 21.0 Å². The Morgan fingerprint density at radius 3 is 2.11 bits per heavy atom. The maximum absolute atomic E-state index is 9.30. The van der Waals surface area contributed by atoms with Gasteiger partial charge in [0.15, 0.2) is 28.6 Å². The van der Waals surface area contributed by atoms with E-state index in [2.05, 4.69) is 30.2 Å². The highest BCUT2D eigenvalue weighted by Crippen LogP contribution is 2.38. The van der Waals surface area contributed by atoms with Gasteiger partial charge in [-0.05, 0) is 6.92 Å². The number of nitrogens with two attached hydrogens (primary N) is 1. The van der Waals surface area contributed by atoms with Crippen molar-refractivity contribution in [1.82, 2.24) is 25.3 Å². The van der Waals surface area contributed by atoms with E-state index < -0.39 is 6.04 Å². The van der Waals surface area contributed by atoms with Gasteiger partial charge in [0, 0.05) is 0 Å². The molecule has 1 aliphatic carbocycles. The molecule has 28 heavy (non-hydrogen) atoms. The summed E-state index contributed by atoms with van der Waals surface area (Å²) in [6.45, 7) is 1.61. The van der Waals surface area contributed by atoms with Gasteiger partial charge in [0.25, 0.3) is 0 Å². The van der Waals surface area contributed by atoms with Gasteiger partial charge in [0.1, 0.15) is 47.4 Å². The van der Waals surface area contributed by atoms with Crippen molar-refractivity contribution in [3.63, 3.8) is 0 Å². The van der Waals surface area contributed by atoms with Gasteiger partial charge in [-0.15, -0.1) is 0 Å². The van der Waals surface area contributed by atoms with Crippen molar-refractivity contribution in [3.8, 4) is 35.7 Å². The summed E-state index contributed by atoms with van der Waals surface area (Å²) in [5.41, 5.74) is 7.29. The van der Waals surface area contributed by atoms with E-state index in [1.54, 1.807) is 6.92 Å². The Morgan fingerprint density at radius 2 is 1.46 bits per heavy atom. The normalized spacial score (nSPS) is 16.0. The van der Waals surface area contributed by atoms with E-state index in [4.69, 9.17) is 5.73 Å². The lowest BCUT2D eigenvalue weighted by Gasteiger charge is -2.30. The van der Waals surface area contributed by atoms with Crippen LogP contribution in [0.5, 0.6) is 0 Å². The van der Waals surface area contributed by atoms with E-state index >= 15 is 0 Å². The average Bonchev–Trinajstić information content (AvgIpc) is 2.72. The van der Waals surface area contributed by atoms with Crippen LogP contribution in [0.15, 0.2) is 16.5 Å². The molecular weight excluding hydrogens is 358 g/mol. The summed E-state index contributed by atoms with van der Waals surface area (Å²) >= 11 is 0. The summed E-state index contributed by atoms with van der Waals surface area (Å²) in [7, 11) is 0. The first-order chi connectivity index (χ1) is 13.5. The molecule has 1 unspecified atom stereocenters. The van der Waals surface area contributed by atoms with Crippen molar-refractivity contribution < 1.29 is 0 Å². The van der Waals surface area contributed by atoms with E-state index in [1.165, 1.54) is 0 Å². The minimum Gasteiger partial charge on any atom is -0.381 e. The lowest BCUT2D eigenvalue weighted by atomic mass is 9.91. The van der Waals surface area contributed by atoms with Gasteiger partial charge in [-0.3, -0.25) is 0 Å². The first kappa shape index (κ1) is 16.6. The van der Waals surface area contributed by atoms with Gasteiger partial charge < -0.3 is 11.1 Å². The quantitative estimate of drug-likeness (QED) is 0.638. The number of nitrogens with zero attached hydrogens (tertiary/aromatic N) is 9. The van der Waals surface area contributed by atoms with Gasteiger partial charge in [0.05, 0.1) is 17.1 Å². The fourth-order valence-electron chi connectivity index (χ4n) is 2.96. The maximum Gasteiger partial charge on any atom is 0.177 e. The molecule has 2 aromatic heterocycles. The minimum absolute atomic E-state index is 0.0217. The number of allylic oxidation sites excluding steroid dienone is 1. The van der Waals surface area contributed by atoms with Crippen molar-refractivity contribution in [2.24, 2.45) is 10.7 Å². The molecule has 0 saturated carbocycles. The van der Waals surface area contributed by atoms with Crippen LogP contribution in [0.4, 0.5) is 0 Å². The Bertz CT molecular complexity index is 1310. The Balaban J connectivity index is 2.13. The molecule has 4 rings (SSSR count). The summed E-state index contributed by atoms with van der Waals surface area (Å²) in [6.07, 6.45) is 0. The average molecular weight is 365 g/mol. The predicted molar refractivity (Wildman–Crippen MR) is 91.2 cm³/mol. The van der Waals surface area contributed by atoms with E-state index in [1.807, 2.05) is 24.3 Å². The van der Waals surface area contributed by atoms with Crippen molar-refractivity contribution >= 4 is 5.71 Å². The number of hydrogen-bond acceptors (Lipinski definition) is 11. The largest absolute Gasteiger partial charge is 0.381 e. The van der Waals surface area contributed by atoms with Crippen LogP contribution in [-0.4, -0.2) is 25.6 Å². The third kappa shape index (κ3) is 2.15. The second-order valence-electron chi connectivity index (χ2n) is 5.79. The Morgan fingerprint density at radius 1 is 0.821 bits per heavy atom. The van der Waals surface area contributed by atoms with E-state index in [0.29, 0.717) is 11.4 Å². The van der Waals surface area contributed by atoms with Crippen LogP contribution < -0.4 is 11.1 Å².